The molecule has 25 heavy (non-hydrogen) atoms. The van der Waals surface area contributed by atoms with Crippen molar-refractivity contribution in [1.29, 1.82) is 0 Å². The van der Waals surface area contributed by atoms with Gasteiger partial charge < -0.3 is 4.74 Å². The molecule has 0 amide bonds. The lowest BCUT2D eigenvalue weighted by Gasteiger charge is -2.26. The SMILES string of the molecule is O=C1OC(=O)[C@@H]2CC=C[C@@H](c3cc(C(F)(F)F)cc(C(F)(F)F)c3)[C@H]12. The molecule has 0 radical (unpaired) electrons. The van der Waals surface area contributed by atoms with Crippen molar-refractivity contribution in [3.63, 3.8) is 0 Å². The number of benzene rings is 1. The summed E-state index contributed by atoms with van der Waals surface area (Å²) in [4.78, 5) is 23.5. The Morgan fingerprint density at radius 3 is 1.96 bits per heavy atom. The lowest BCUT2D eigenvalue weighted by molar-refractivity contribution is -0.154. The monoisotopic (exact) mass is 364 g/mol. The van der Waals surface area contributed by atoms with E-state index >= 15 is 0 Å². The van der Waals surface area contributed by atoms with Gasteiger partial charge in [-0.3, -0.25) is 9.59 Å². The molecule has 3 atom stereocenters. The van der Waals surface area contributed by atoms with E-state index in [0.29, 0.717) is 12.1 Å². The Kier molecular flexibility index (Phi) is 3.92. The molecular weight excluding hydrogens is 354 g/mol. The standard InChI is InChI=1S/C16H10F6O3/c17-15(18,19)8-4-7(5-9(6-8)16(20,21)22)10-2-1-3-11-12(10)14(24)25-13(11)23/h1-2,4-6,10-12H,3H2/t10-,11+,12-/m0/s1. The first-order valence-electron chi connectivity index (χ1n) is 7.20. The molecule has 3 nitrogen and oxygen atoms in total. The molecule has 0 unspecified atom stereocenters. The van der Waals surface area contributed by atoms with Crippen molar-refractivity contribution in [1.82, 2.24) is 0 Å². The third-order valence-corrected chi connectivity index (χ3v) is 4.32. The molecule has 1 aliphatic carbocycles. The highest BCUT2D eigenvalue weighted by atomic mass is 19.4. The van der Waals surface area contributed by atoms with Crippen molar-refractivity contribution >= 4 is 11.9 Å². The van der Waals surface area contributed by atoms with Crippen LogP contribution in [0.1, 0.15) is 29.0 Å². The number of carbonyl (C=O) groups excluding carboxylic acids is 2. The predicted molar refractivity (Wildman–Crippen MR) is 71.0 cm³/mol. The van der Waals surface area contributed by atoms with E-state index in [1.54, 1.807) is 0 Å². The van der Waals surface area contributed by atoms with E-state index in [0.717, 1.165) is 0 Å². The number of fused-ring (bicyclic) bond motifs is 1. The molecule has 9 heteroatoms. The Labute approximate surface area is 137 Å². The number of hydrogen-bond acceptors (Lipinski definition) is 3. The van der Waals surface area contributed by atoms with Crippen molar-refractivity contribution in [3.05, 3.63) is 47.0 Å². The maximum atomic E-state index is 13.0. The summed E-state index contributed by atoms with van der Waals surface area (Å²) < 4.78 is 82.4. The molecule has 1 aromatic carbocycles. The van der Waals surface area contributed by atoms with Crippen LogP contribution < -0.4 is 0 Å². The number of ether oxygens (including phenoxy) is 1. The van der Waals surface area contributed by atoms with E-state index in [9.17, 15) is 35.9 Å². The average molecular weight is 364 g/mol. The molecule has 1 heterocycles. The third-order valence-electron chi connectivity index (χ3n) is 4.32. The van der Waals surface area contributed by atoms with E-state index in [1.807, 2.05) is 0 Å². The normalized spacial score (nSPS) is 26.6. The van der Waals surface area contributed by atoms with Crippen LogP contribution in [0.4, 0.5) is 26.3 Å². The van der Waals surface area contributed by atoms with Crippen LogP contribution in [0.25, 0.3) is 0 Å². The number of hydrogen-bond donors (Lipinski definition) is 0. The molecule has 1 saturated heterocycles. The van der Waals surface area contributed by atoms with Gasteiger partial charge >= 0.3 is 24.3 Å². The zero-order valence-corrected chi connectivity index (χ0v) is 12.3. The summed E-state index contributed by atoms with van der Waals surface area (Å²) in [6.07, 6.45) is -7.02. The minimum absolute atomic E-state index is 0.0195. The number of allylic oxidation sites excluding steroid dienone is 2. The summed E-state index contributed by atoms with van der Waals surface area (Å²) in [5.74, 6) is -4.86. The fourth-order valence-electron chi connectivity index (χ4n) is 3.17. The molecular formula is C16H10F6O3. The molecule has 0 spiro atoms. The van der Waals surface area contributed by atoms with Crippen molar-refractivity contribution in [2.24, 2.45) is 11.8 Å². The summed E-state index contributed by atoms with van der Waals surface area (Å²) in [5, 5.41) is 0. The quantitative estimate of drug-likeness (QED) is 0.326. The van der Waals surface area contributed by atoms with Crippen LogP contribution in [0.3, 0.4) is 0 Å². The van der Waals surface area contributed by atoms with Crippen LogP contribution in [-0.2, 0) is 26.7 Å². The second-order valence-corrected chi connectivity index (χ2v) is 5.90. The first-order chi connectivity index (χ1) is 11.5. The topological polar surface area (TPSA) is 43.4 Å². The molecule has 0 N–H and O–H groups in total. The van der Waals surface area contributed by atoms with Crippen LogP contribution >= 0.6 is 0 Å². The highest BCUT2D eigenvalue weighted by molar-refractivity contribution is 5.97. The second-order valence-electron chi connectivity index (χ2n) is 5.90. The van der Waals surface area contributed by atoms with E-state index in [2.05, 4.69) is 4.74 Å². The fraction of sp³-hybridized carbons (Fsp3) is 0.375. The van der Waals surface area contributed by atoms with Crippen molar-refractivity contribution < 1.29 is 40.7 Å². The van der Waals surface area contributed by atoms with Gasteiger partial charge in [-0.2, -0.15) is 26.3 Å². The van der Waals surface area contributed by atoms with E-state index in [4.69, 9.17) is 0 Å². The highest BCUT2D eigenvalue weighted by Gasteiger charge is 2.49. The maximum Gasteiger partial charge on any atom is 0.416 e. The van der Waals surface area contributed by atoms with Crippen LogP contribution in [0, 0.1) is 11.8 Å². The van der Waals surface area contributed by atoms with Gasteiger partial charge in [0.2, 0.25) is 0 Å². The van der Waals surface area contributed by atoms with Gasteiger partial charge in [0.1, 0.15) is 0 Å². The number of esters is 2. The van der Waals surface area contributed by atoms with Gasteiger partial charge in [0.05, 0.1) is 23.0 Å². The molecule has 1 aliphatic heterocycles. The molecule has 2 aliphatic rings. The molecule has 0 aromatic heterocycles. The predicted octanol–water partition coefficient (Wildman–Crippen LogP) is 4.08. The Bertz CT molecular complexity index is 730. The van der Waals surface area contributed by atoms with Crippen LogP contribution in [0.5, 0.6) is 0 Å². The van der Waals surface area contributed by atoms with Crippen molar-refractivity contribution in [2.75, 3.05) is 0 Å². The summed E-state index contributed by atoms with van der Waals surface area (Å²) in [5.41, 5.74) is -3.27. The number of carbonyl (C=O) groups is 2. The molecule has 0 saturated carbocycles. The Morgan fingerprint density at radius 1 is 0.880 bits per heavy atom. The van der Waals surface area contributed by atoms with Crippen molar-refractivity contribution in [3.8, 4) is 0 Å². The molecule has 1 fully saturated rings. The van der Waals surface area contributed by atoms with E-state index in [-0.39, 0.29) is 18.1 Å². The minimum Gasteiger partial charge on any atom is -0.393 e. The Morgan fingerprint density at radius 2 is 1.44 bits per heavy atom. The maximum absolute atomic E-state index is 13.0. The van der Waals surface area contributed by atoms with E-state index in [1.165, 1.54) is 12.2 Å². The molecule has 134 valence electrons. The van der Waals surface area contributed by atoms with Gasteiger partial charge in [-0.1, -0.05) is 12.2 Å². The lowest BCUT2D eigenvalue weighted by Crippen LogP contribution is -2.27. The summed E-state index contributed by atoms with van der Waals surface area (Å²) in [6, 6.07) is 1.16. The van der Waals surface area contributed by atoms with Gasteiger partial charge in [0.15, 0.2) is 0 Å². The van der Waals surface area contributed by atoms with Crippen LogP contribution in [-0.4, -0.2) is 11.9 Å². The molecule has 0 bridgehead atoms. The molecule has 3 rings (SSSR count). The Hall–Kier alpha value is -2.32. The first-order valence-corrected chi connectivity index (χ1v) is 7.20. The highest BCUT2D eigenvalue weighted by Crippen LogP contribution is 2.45. The van der Waals surface area contributed by atoms with E-state index < -0.39 is 53.2 Å². The number of rotatable bonds is 1. The second kappa shape index (κ2) is 5.60. The van der Waals surface area contributed by atoms with Gasteiger partial charge in [0, 0.05) is 5.92 Å². The number of halogens is 6. The molecule has 1 aromatic rings. The van der Waals surface area contributed by atoms with Crippen LogP contribution in [0.15, 0.2) is 30.4 Å². The van der Waals surface area contributed by atoms with Gasteiger partial charge in [-0.05, 0) is 30.2 Å². The third kappa shape index (κ3) is 3.14. The minimum atomic E-state index is -4.99. The van der Waals surface area contributed by atoms with Gasteiger partial charge in [0.25, 0.3) is 0 Å². The van der Waals surface area contributed by atoms with Crippen molar-refractivity contribution in [2.45, 2.75) is 24.7 Å². The largest absolute Gasteiger partial charge is 0.416 e. The fourth-order valence-corrected chi connectivity index (χ4v) is 3.17. The van der Waals surface area contributed by atoms with Gasteiger partial charge in [-0.15, -0.1) is 0 Å². The van der Waals surface area contributed by atoms with Gasteiger partial charge in [-0.25, -0.2) is 0 Å². The first kappa shape index (κ1) is 17.5. The van der Waals surface area contributed by atoms with Crippen LogP contribution in [0.2, 0.25) is 0 Å². The smallest absolute Gasteiger partial charge is 0.393 e. The summed E-state index contributed by atoms with van der Waals surface area (Å²) >= 11 is 0. The number of alkyl halides is 6. The summed E-state index contributed by atoms with van der Waals surface area (Å²) in [6.45, 7) is 0. The summed E-state index contributed by atoms with van der Waals surface area (Å²) in [7, 11) is 0. The lowest BCUT2D eigenvalue weighted by atomic mass is 9.74. The number of cyclic esters (lactones) is 2. The zero-order chi connectivity index (χ0) is 18.6. The average Bonchev–Trinajstić information content (AvgIpc) is 2.80. The Balaban J connectivity index is 2.13. The zero-order valence-electron chi connectivity index (χ0n) is 12.3.